The largest absolute Gasteiger partial charge is 0.383 e. The maximum absolute atomic E-state index is 6.07. The lowest BCUT2D eigenvalue weighted by Gasteiger charge is -2.30. The molecule has 98 valence electrons. The number of nitrogens with one attached hydrogen (secondary N) is 1. The van der Waals surface area contributed by atoms with E-state index < -0.39 is 0 Å². The summed E-state index contributed by atoms with van der Waals surface area (Å²) in [4.78, 5) is 4.24. The van der Waals surface area contributed by atoms with Crippen molar-refractivity contribution in [1.82, 2.24) is 10.3 Å². The Balaban J connectivity index is 1.93. The quantitative estimate of drug-likeness (QED) is 0.855. The molecule has 1 aromatic heterocycles. The molecule has 3 N–H and O–H groups in total. The van der Waals surface area contributed by atoms with Gasteiger partial charge in [-0.2, -0.15) is 0 Å². The molecule has 2 fully saturated rings. The fourth-order valence-electron chi connectivity index (χ4n) is 3.60. The molecule has 0 radical (unpaired) electrons. The zero-order chi connectivity index (χ0) is 12.7. The van der Waals surface area contributed by atoms with E-state index in [9.17, 15) is 0 Å². The first-order chi connectivity index (χ1) is 8.70. The minimum atomic E-state index is 0.258. The molecule has 3 rings (SSSR count). The topological polar surface area (TPSA) is 60.2 Å². The van der Waals surface area contributed by atoms with Crippen LogP contribution >= 0.6 is 0 Å². The molecular weight excluding hydrogens is 226 g/mol. The van der Waals surface area contributed by atoms with Gasteiger partial charge in [0, 0.05) is 23.7 Å². The van der Waals surface area contributed by atoms with Crippen LogP contribution in [-0.2, 0) is 4.74 Å². The number of anilines is 1. The standard InChI is InChI=1S/C14H21N3O/c1-8-5-6-17-14(15)12(8)13(16-2)10-7-9-3-4-11(10)18-9/h5-6,9-11,13,16H,3-4,7H2,1-2H3,(H2,15,17). The number of ether oxygens (including phenoxy) is 1. The molecular formula is C14H21N3O. The van der Waals surface area contributed by atoms with E-state index in [0.717, 1.165) is 12.0 Å². The third-order valence-electron chi connectivity index (χ3n) is 4.44. The summed E-state index contributed by atoms with van der Waals surface area (Å²) in [5.41, 5.74) is 8.44. The monoisotopic (exact) mass is 247 g/mol. The van der Waals surface area contributed by atoms with Gasteiger partial charge in [-0.05, 0) is 44.9 Å². The van der Waals surface area contributed by atoms with Gasteiger partial charge in [-0.3, -0.25) is 0 Å². The highest BCUT2D eigenvalue weighted by molar-refractivity contribution is 5.46. The molecule has 0 saturated carbocycles. The maximum atomic E-state index is 6.07. The Labute approximate surface area is 108 Å². The minimum absolute atomic E-state index is 0.258. The summed E-state index contributed by atoms with van der Waals surface area (Å²) in [6.45, 7) is 2.10. The van der Waals surface area contributed by atoms with Crippen LogP contribution in [0, 0.1) is 12.8 Å². The van der Waals surface area contributed by atoms with Crippen molar-refractivity contribution in [2.75, 3.05) is 12.8 Å². The van der Waals surface area contributed by atoms with Crippen LogP contribution in [0.5, 0.6) is 0 Å². The summed E-state index contributed by atoms with van der Waals surface area (Å²) in [7, 11) is 2.00. The lowest BCUT2D eigenvalue weighted by atomic mass is 9.80. The normalized spacial score (nSPS) is 31.8. The highest BCUT2D eigenvalue weighted by Gasteiger charge is 2.45. The predicted molar refractivity (Wildman–Crippen MR) is 71.2 cm³/mol. The molecule has 2 bridgehead atoms. The summed E-state index contributed by atoms with van der Waals surface area (Å²) in [5.74, 6) is 1.18. The Kier molecular flexibility index (Phi) is 2.99. The van der Waals surface area contributed by atoms with Gasteiger partial charge >= 0.3 is 0 Å². The van der Waals surface area contributed by atoms with Gasteiger partial charge in [0.15, 0.2) is 0 Å². The zero-order valence-electron chi connectivity index (χ0n) is 11.0. The van der Waals surface area contributed by atoms with Gasteiger partial charge in [0.25, 0.3) is 0 Å². The van der Waals surface area contributed by atoms with Crippen LogP contribution in [0.1, 0.15) is 36.4 Å². The van der Waals surface area contributed by atoms with E-state index in [2.05, 4.69) is 17.2 Å². The fraction of sp³-hybridized carbons (Fsp3) is 0.643. The molecule has 0 spiro atoms. The highest BCUT2D eigenvalue weighted by Crippen LogP contribution is 2.45. The summed E-state index contributed by atoms with van der Waals surface area (Å²) < 4.78 is 5.97. The average Bonchev–Trinajstić information content (AvgIpc) is 2.96. The third-order valence-corrected chi connectivity index (χ3v) is 4.44. The van der Waals surface area contributed by atoms with Crippen molar-refractivity contribution in [3.63, 3.8) is 0 Å². The van der Waals surface area contributed by atoms with Crippen LogP contribution < -0.4 is 11.1 Å². The smallest absolute Gasteiger partial charge is 0.128 e. The number of nitrogens with zero attached hydrogens (tertiary/aromatic N) is 1. The number of aryl methyl sites for hydroxylation is 1. The minimum Gasteiger partial charge on any atom is -0.383 e. The van der Waals surface area contributed by atoms with Crippen LogP contribution in [-0.4, -0.2) is 24.2 Å². The van der Waals surface area contributed by atoms with Crippen LogP contribution in [0.25, 0.3) is 0 Å². The Morgan fingerprint density at radius 3 is 2.89 bits per heavy atom. The van der Waals surface area contributed by atoms with Crippen molar-refractivity contribution in [1.29, 1.82) is 0 Å². The molecule has 2 aliphatic rings. The van der Waals surface area contributed by atoms with E-state index in [-0.39, 0.29) is 6.04 Å². The number of nitrogen functional groups attached to an aromatic ring is 1. The van der Waals surface area contributed by atoms with Gasteiger partial charge in [-0.15, -0.1) is 0 Å². The second-order valence-corrected chi connectivity index (χ2v) is 5.47. The number of fused-ring (bicyclic) bond motifs is 2. The van der Waals surface area contributed by atoms with Crippen molar-refractivity contribution in [2.24, 2.45) is 5.92 Å². The van der Waals surface area contributed by atoms with Crippen molar-refractivity contribution >= 4 is 5.82 Å². The summed E-state index contributed by atoms with van der Waals surface area (Å²) in [6, 6.07) is 2.29. The van der Waals surface area contributed by atoms with Gasteiger partial charge in [0.05, 0.1) is 12.2 Å². The Bertz CT molecular complexity index is 428. The molecule has 4 nitrogen and oxygen atoms in total. The van der Waals surface area contributed by atoms with E-state index >= 15 is 0 Å². The van der Waals surface area contributed by atoms with E-state index in [1.165, 1.54) is 18.4 Å². The second kappa shape index (κ2) is 4.52. The first-order valence-corrected chi connectivity index (χ1v) is 6.74. The Morgan fingerprint density at radius 1 is 1.50 bits per heavy atom. The van der Waals surface area contributed by atoms with Crippen molar-refractivity contribution in [3.8, 4) is 0 Å². The molecule has 1 aromatic rings. The van der Waals surface area contributed by atoms with Crippen LogP contribution in [0.2, 0.25) is 0 Å². The first kappa shape index (κ1) is 11.9. The lowest BCUT2D eigenvalue weighted by molar-refractivity contribution is 0.0863. The van der Waals surface area contributed by atoms with Crippen molar-refractivity contribution < 1.29 is 4.74 Å². The predicted octanol–water partition coefficient (Wildman–Crippen LogP) is 1.80. The van der Waals surface area contributed by atoms with E-state index in [1.807, 2.05) is 13.1 Å². The Hall–Kier alpha value is -1.13. The zero-order valence-corrected chi connectivity index (χ0v) is 11.0. The van der Waals surface area contributed by atoms with E-state index in [0.29, 0.717) is 23.9 Å². The van der Waals surface area contributed by atoms with E-state index in [4.69, 9.17) is 10.5 Å². The molecule has 4 heteroatoms. The molecule has 0 aromatic carbocycles. The molecule has 3 heterocycles. The van der Waals surface area contributed by atoms with Gasteiger partial charge < -0.3 is 15.8 Å². The molecule has 0 amide bonds. The van der Waals surface area contributed by atoms with E-state index in [1.54, 1.807) is 6.20 Å². The number of nitrogens with two attached hydrogens (primary N) is 1. The van der Waals surface area contributed by atoms with Crippen LogP contribution in [0.4, 0.5) is 5.82 Å². The Morgan fingerprint density at radius 2 is 2.33 bits per heavy atom. The maximum Gasteiger partial charge on any atom is 0.128 e. The summed E-state index contributed by atoms with van der Waals surface area (Å²) in [5, 5.41) is 3.43. The summed E-state index contributed by atoms with van der Waals surface area (Å²) in [6.07, 6.45) is 6.19. The molecule has 4 atom stereocenters. The number of hydrogen-bond acceptors (Lipinski definition) is 4. The van der Waals surface area contributed by atoms with Crippen LogP contribution in [0.3, 0.4) is 0 Å². The molecule has 2 saturated heterocycles. The molecule has 18 heavy (non-hydrogen) atoms. The van der Waals surface area contributed by atoms with Crippen molar-refractivity contribution in [2.45, 2.75) is 44.4 Å². The molecule has 4 unspecified atom stereocenters. The lowest BCUT2D eigenvalue weighted by Crippen LogP contribution is -2.33. The molecule has 0 aliphatic carbocycles. The number of hydrogen-bond donors (Lipinski definition) is 2. The third kappa shape index (κ3) is 1.80. The van der Waals surface area contributed by atoms with Gasteiger partial charge in [-0.25, -0.2) is 4.98 Å². The fourth-order valence-corrected chi connectivity index (χ4v) is 3.60. The van der Waals surface area contributed by atoms with Gasteiger partial charge in [-0.1, -0.05) is 0 Å². The highest BCUT2D eigenvalue weighted by atomic mass is 16.5. The average molecular weight is 247 g/mol. The second-order valence-electron chi connectivity index (χ2n) is 5.47. The first-order valence-electron chi connectivity index (χ1n) is 6.74. The SMILES string of the molecule is CNC(c1c(C)ccnc1N)C1CC2CCC1O2. The molecule has 2 aliphatic heterocycles. The van der Waals surface area contributed by atoms with Gasteiger partial charge in [0.1, 0.15) is 5.82 Å². The summed E-state index contributed by atoms with van der Waals surface area (Å²) >= 11 is 0. The van der Waals surface area contributed by atoms with Crippen molar-refractivity contribution in [3.05, 3.63) is 23.4 Å². The number of aromatic nitrogens is 1. The number of rotatable bonds is 3. The van der Waals surface area contributed by atoms with Gasteiger partial charge in [0.2, 0.25) is 0 Å². The number of pyridine rings is 1. The van der Waals surface area contributed by atoms with Crippen LogP contribution in [0.15, 0.2) is 12.3 Å².